The number of benzene rings is 1. The molecule has 1 aliphatic heterocycles. The summed E-state index contributed by atoms with van der Waals surface area (Å²) in [4.78, 5) is 21.2. The van der Waals surface area contributed by atoms with Crippen LogP contribution < -0.4 is 0 Å². The minimum absolute atomic E-state index is 0.0231. The normalized spacial score (nSPS) is 28.8. The third kappa shape index (κ3) is 4.68. The van der Waals surface area contributed by atoms with Gasteiger partial charge in [0.25, 0.3) is 15.7 Å². The molecule has 0 aromatic heterocycles. The van der Waals surface area contributed by atoms with Gasteiger partial charge >= 0.3 is 5.97 Å². The summed E-state index contributed by atoms with van der Waals surface area (Å²) in [7, 11) is -5.18. The number of nitro groups is 1. The van der Waals surface area contributed by atoms with Gasteiger partial charge in [-0.05, 0) is 13.0 Å². The van der Waals surface area contributed by atoms with Crippen molar-refractivity contribution in [3.63, 3.8) is 0 Å². The van der Waals surface area contributed by atoms with E-state index in [-0.39, 0.29) is 4.31 Å². The molecule has 1 aromatic carbocycles. The maximum atomic E-state index is 13.4. The Morgan fingerprint density at radius 1 is 1.23 bits per heavy atom. The van der Waals surface area contributed by atoms with Gasteiger partial charge in [-0.15, -0.1) is 0 Å². The predicted molar refractivity (Wildman–Crippen MR) is 99.0 cm³/mol. The van der Waals surface area contributed by atoms with Crippen molar-refractivity contribution in [3.8, 4) is 0 Å². The van der Waals surface area contributed by atoms with E-state index < -0.39 is 80.9 Å². The molecule has 0 amide bonds. The number of carboxylic acid groups (broad SMARTS) is 1. The highest BCUT2D eigenvalue weighted by Gasteiger charge is 2.54. The molecule has 31 heavy (non-hydrogen) atoms. The molecule has 14 nitrogen and oxygen atoms in total. The molecule has 2 rings (SSSR count). The van der Waals surface area contributed by atoms with E-state index in [9.17, 15) is 54.0 Å². The molecule has 0 saturated carbocycles. The third-order valence-corrected chi connectivity index (χ3v) is 6.61. The first-order valence-corrected chi connectivity index (χ1v) is 10.3. The Morgan fingerprint density at radius 3 is 2.29 bits per heavy atom. The average Bonchev–Trinajstić information content (AvgIpc) is 2.70. The van der Waals surface area contributed by atoms with Crippen LogP contribution in [0, 0.1) is 10.1 Å². The van der Waals surface area contributed by atoms with E-state index in [1.807, 2.05) is 0 Å². The van der Waals surface area contributed by atoms with Crippen LogP contribution in [-0.2, 0) is 19.6 Å². The molecule has 1 aliphatic rings. The number of para-hydroxylation sites is 1. The number of hydrogen-bond acceptors (Lipinski definition) is 11. The summed E-state index contributed by atoms with van der Waals surface area (Å²) < 4.78 is 31.9. The largest absolute Gasteiger partial charge is 0.480 e. The molecular formula is C16H22N2O12S. The van der Waals surface area contributed by atoms with Gasteiger partial charge in [0.15, 0.2) is 17.2 Å². The Morgan fingerprint density at radius 2 is 1.81 bits per heavy atom. The van der Waals surface area contributed by atoms with E-state index in [0.29, 0.717) is 0 Å². The summed E-state index contributed by atoms with van der Waals surface area (Å²) >= 11 is 0. The lowest BCUT2D eigenvalue weighted by atomic mass is 9.97. The summed E-state index contributed by atoms with van der Waals surface area (Å²) in [6.07, 6.45) is -12.0. The van der Waals surface area contributed by atoms with E-state index in [1.165, 1.54) is 6.07 Å². The lowest BCUT2D eigenvalue weighted by Crippen LogP contribution is -2.67. The predicted octanol–water partition coefficient (Wildman–Crippen LogP) is -2.78. The first-order chi connectivity index (χ1) is 14.4. The van der Waals surface area contributed by atoms with Crippen molar-refractivity contribution in [2.45, 2.75) is 54.6 Å². The topological polar surface area (TPSA) is 228 Å². The Labute approximate surface area is 175 Å². The molecule has 1 aromatic rings. The monoisotopic (exact) mass is 466 g/mol. The smallest absolute Gasteiger partial charge is 0.324 e. The van der Waals surface area contributed by atoms with Gasteiger partial charge in [0.05, 0.1) is 17.6 Å². The van der Waals surface area contributed by atoms with Crippen molar-refractivity contribution in [1.29, 1.82) is 0 Å². The quantitative estimate of drug-likeness (QED) is 0.169. The lowest BCUT2D eigenvalue weighted by Gasteiger charge is -2.45. The molecule has 0 spiro atoms. The maximum absolute atomic E-state index is 13.4. The van der Waals surface area contributed by atoms with E-state index in [1.54, 1.807) is 0 Å². The summed E-state index contributed by atoms with van der Waals surface area (Å²) in [6, 6.07) is 1.62. The van der Waals surface area contributed by atoms with Gasteiger partial charge in [-0.2, -0.15) is 4.31 Å². The number of sulfonamides is 1. The molecule has 6 N–H and O–H groups in total. The van der Waals surface area contributed by atoms with Crippen LogP contribution in [0.25, 0.3) is 0 Å². The first-order valence-electron chi connectivity index (χ1n) is 8.84. The Hall–Kier alpha value is -2.24. The number of aliphatic carboxylic acids is 1. The fourth-order valence-corrected chi connectivity index (χ4v) is 5.10. The molecule has 7 atom stereocenters. The molecule has 1 heterocycles. The summed E-state index contributed by atoms with van der Waals surface area (Å²) in [6.45, 7) is -0.0298. The molecule has 1 fully saturated rings. The first kappa shape index (κ1) is 25.0. The van der Waals surface area contributed by atoms with Gasteiger partial charge in [-0.25, -0.2) is 8.42 Å². The summed E-state index contributed by atoms with van der Waals surface area (Å²) in [5.41, 5.74) is -0.924. The summed E-state index contributed by atoms with van der Waals surface area (Å²) in [5, 5.41) is 70.6. The second-order valence-corrected chi connectivity index (χ2v) is 8.61. The second-order valence-electron chi connectivity index (χ2n) is 6.80. The number of aliphatic hydroxyl groups is 5. The van der Waals surface area contributed by atoms with E-state index >= 15 is 0 Å². The van der Waals surface area contributed by atoms with Gasteiger partial charge in [0, 0.05) is 6.07 Å². The molecule has 15 heteroatoms. The Kier molecular flexibility index (Phi) is 7.66. The molecule has 0 radical (unpaired) electrons. The van der Waals surface area contributed by atoms with Gasteiger partial charge < -0.3 is 35.4 Å². The minimum Gasteiger partial charge on any atom is -0.480 e. The van der Waals surface area contributed by atoms with Crippen molar-refractivity contribution >= 4 is 21.7 Å². The maximum Gasteiger partial charge on any atom is 0.324 e. The van der Waals surface area contributed by atoms with Crippen LogP contribution in [-0.4, -0.2) is 104 Å². The van der Waals surface area contributed by atoms with E-state index in [0.717, 1.165) is 25.1 Å². The van der Waals surface area contributed by atoms with Crippen LogP contribution in [0.2, 0.25) is 0 Å². The zero-order valence-corrected chi connectivity index (χ0v) is 16.8. The van der Waals surface area contributed by atoms with Crippen molar-refractivity contribution in [2.75, 3.05) is 6.61 Å². The fraction of sp³-hybridized carbons (Fsp3) is 0.562. The number of nitro benzene ring substituents is 1. The molecule has 0 aliphatic carbocycles. The van der Waals surface area contributed by atoms with Crippen LogP contribution in [0.4, 0.5) is 5.69 Å². The second kappa shape index (κ2) is 9.49. The zero-order chi connectivity index (χ0) is 23.7. The van der Waals surface area contributed by atoms with Crippen LogP contribution >= 0.6 is 0 Å². The highest BCUT2D eigenvalue weighted by molar-refractivity contribution is 7.89. The molecule has 0 bridgehead atoms. The number of aliphatic hydroxyl groups excluding tert-OH is 5. The molecular weight excluding hydrogens is 444 g/mol. The van der Waals surface area contributed by atoms with Gasteiger partial charge in [0.1, 0.15) is 24.4 Å². The fourth-order valence-electron chi connectivity index (χ4n) is 3.20. The third-order valence-electron chi connectivity index (χ3n) is 4.72. The number of hydrogen-bond donors (Lipinski definition) is 6. The minimum atomic E-state index is -5.18. The highest BCUT2D eigenvalue weighted by Crippen LogP contribution is 2.34. The standard InChI is InChI=1S/C16H22N2O12S/c1-7(20)11(16(24)25)17(15-14(23)13(22)12(21)9(6-19)30-15)31(28,29)10-5-3-2-4-8(10)18(26)27/h2-5,7,9,11-15,19-23H,6H2,1H3,(H,24,25)/t7-,9-,11+,12-,13+,14-,15?/m1/s1. The van der Waals surface area contributed by atoms with Crippen molar-refractivity contribution < 1.29 is 53.5 Å². The van der Waals surface area contributed by atoms with Crippen molar-refractivity contribution in [3.05, 3.63) is 34.4 Å². The number of carboxylic acids is 1. The highest BCUT2D eigenvalue weighted by atomic mass is 32.2. The van der Waals surface area contributed by atoms with Crippen molar-refractivity contribution in [1.82, 2.24) is 4.31 Å². The van der Waals surface area contributed by atoms with E-state index in [2.05, 4.69) is 0 Å². The van der Waals surface area contributed by atoms with Gasteiger partial charge in [-0.3, -0.25) is 14.9 Å². The van der Waals surface area contributed by atoms with E-state index in [4.69, 9.17) is 4.74 Å². The Bertz CT molecular complexity index is 921. The van der Waals surface area contributed by atoms with Crippen LogP contribution in [0.15, 0.2) is 29.2 Å². The SMILES string of the molecule is C[C@@H](O)[C@@H](C(=O)O)N(C1O[C@H](CO)[C@@H](O)[C@H](O)[C@H]1O)S(=O)(=O)c1ccccc1[N+](=O)[O-]. The number of nitrogens with zero attached hydrogens (tertiary/aromatic N) is 2. The molecule has 1 saturated heterocycles. The van der Waals surface area contributed by atoms with Crippen molar-refractivity contribution in [2.24, 2.45) is 0 Å². The number of rotatable bonds is 8. The summed E-state index contributed by atoms with van der Waals surface area (Å²) in [5.74, 6) is -1.89. The zero-order valence-electron chi connectivity index (χ0n) is 16.0. The van der Waals surface area contributed by atoms with Crippen LogP contribution in [0.3, 0.4) is 0 Å². The van der Waals surface area contributed by atoms with Crippen LogP contribution in [0.1, 0.15) is 6.92 Å². The number of ether oxygens (including phenoxy) is 1. The Balaban J connectivity index is 2.75. The molecule has 1 unspecified atom stereocenters. The number of carbonyl (C=O) groups is 1. The average molecular weight is 466 g/mol. The van der Waals surface area contributed by atoms with Gasteiger partial charge in [0.2, 0.25) is 0 Å². The van der Waals surface area contributed by atoms with Gasteiger partial charge in [-0.1, -0.05) is 12.1 Å². The van der Waals surface area contributed by atoms with Crippen LogP contribution in [0.5, 0.6) is 0 Å². The molecule has 174 valence electrons. The lowest BCUT2D eigenvalue weighted by molar-refractivity contribution is -0.387.